The Morgan fingerprint density at radius 2 is 2.00 bits per heavy atom. The van der Waals surface area contributed by atoms with Gasteiger partial charge < -0.3 is 20.1 Å². The van der Waals surface area contributed by atoms with Crippen molar-refractivity contribution < 1.29 is 14.3 Å². The molecule has 1 aromatic carbocycles. The number of methoxy groups -OCH3 is 1. The first kappa shape index (κ1) is 20.3. The Bertz CT molecular complexity index is 655. The molecule has 2 N–H and O–H groups in total. The largest absolute Gasteiger partial charge is 0.497 e. The zero-order valence-corrected chi connectivity index (χ0v) is 16.9. The molecule has 6 heteroatoms. The van der Waals surface area contributed by atoms with Crippen LogP contribution >= 0.6 is 12.4 Å². The van der Waals surface area contributed by atoms with Gasteiger partial charge in [-0.1, -0.05) is 0 Å². The molecular formula is C21H31ClN2O3. The summed E-state index contributed by atoms with van der Waals surface area (Å²) in [6, 6.07) is 5.90. The van der Waals surface area contributed by atoms with Crippen LogP contribution in [0.3, 0.4) is 0 Å². The number of ether oxygens (including phenoxy) is 2. The van der Waals surface area contributed by atoms with E-state index in [-0.39, 0.29) is 35.8 Å². The number of amides is 1. The lowest BCUT2D eigenvalue weighted by atomic mass is 9.92. The molecule has 5 nitrogen and oxygen atoms in total. The first-order valence-corrected chi connectivity index (χ1v) is 10.0. The van der Waals surface area contributed by atoms with Gasteiger partial charge in [-0.2, -0.15) is 0 Å². The highest BCUT2D eigenvalue weighted by Gasteiger charge is 2.57. The second-order valence-electron chi connectivity index (χ2n) is 8.08. The highest BCUT2D eigenvalue weighted by Crippen LogP contribution is 2.58. The van der Waals surface area contributed by atoms with Crippen molar-refractivity contribution in [2.24, 2.45) is 11.3 Å². The minimum Gasteiger partial charge on any atom is -0.497 e. The van der Waals surface area contributed by atoms with E-state index in [4.69, 9.17) is 9.47 Å². The van der Waals surface area contributed by atoms with E-state index in [1.807, 2.05) is 18.2 Å². The molecule has 2 aliphatic carbocycles. The van der Waals surface area contributed by atoms with E-state index >= 15 is 0 Å². The van der Waals surface area contributed by atoms with Crippen LogP contribution in [-0.4, -0.2) is 32.2 Å². The van der Waals surface area contributed by atoms with E-state index in [2.05, 4.69) is 10.6 Å². The van der Waals surface area contributed by atoms with Gasteiger partial charge in [0.15, 0.2) is 0 Å². The Kier molecular flexibility index (Phi) is 6.53. The Morgan fingerprint density at radius 3 is 2.70 bits per heavy atom. The van der Waals surface area contributed by atoms with Crippen LogP contribution in [0.5, 0.6) is 11.5 Å². The summed E-state index contributed by atoms with van der Waals surface area (Å²) < 4.78 is 11.6. The smallest absolute Gasteiger partial charge is 0.223 e. The minimum absolute atomic E-state index is 0. The second-order valence-corrected chi connectivity index (χ2v) is 8.08. The summed E-state index contributed by atoms with van der Waals surface area (Å²) in [6.45, 7) is 2.61. The molecule has 0 aromatic heterocycles. The molecule has 0 radical (unpaired) electrons. The monoisotopic (exact) mass is 394 g/mol. The van der Waals surface area contributed by atoms with Crippen molar-refractivity contribution in [2.75, 3.05) is 20.2 Å². The number of benzene rings is 1. The number of nitrogens with one attached hydrogen (secondary N) is 2. The fraction of sp³-hybridized carbons (Fsp3) is 0.667. The maximum absolute atomic E-state index is 12.6. The van der Waals surface area contributed by atoms with Gasteiger partial charge in [0.1, 0.15) is 11.5 Å². The summed E-state index contributed by atoms with van der Waals surface area (Å²) >= 11 is 0. The minimum atomic E-state index is 0. The standard InChI is InChI=1S/C21H30N2O3.ClH/c1-25-17-7-6-15(19(12-17)26-16-4-2-3-5-16)14-23-20(24)18-13-21(18)8-10-22-11-9-21;/h6-7,12,16,18,22H,2-5,8-11,13-14H2,1H3,(H,23,24);1H. The van der Waals surface area contributed by atoms with Crippen LogP contribution in [0.15, 0.2) is 18.2 Å². The summed E-state index contributed by atoms with van der Waals surface area (Å²) in [5.74, 6) is 2.05. The molecular weight excluding hydrogens is 364 g/mol. The van der Waals surface area contributed by atoms with Crippen LogP contribution in [0.2, 0.25) is 0 Å². The molecule has 2 saturated carbocycles. The molecule has 3 fully saturated rings. The number of rotatable bonds is 6. The van der Waals surface area contributed by atoms with Crippen molar-refractivity contribution >= 4 is 18.3 Å². The summed E-state index contributed by atoms with van der Waals surface area (Å²) in [5, 5.41) is 6.55. The average molecular weight is 395 g/mol. The van der Waals surface area contributed by atoms with E-state index < -0.39 is 0 Å². The van der Waals surface area contributed by atoms with Crippen LogP contribution in [0, 0.1) is 11.3 Å². The summed E-state index contributed by atoms with van der Waals surface area (Å²) in [5.41, 5.74) is 1.31. The highest BCUT2D eigenvalue weighted by molar-refractivity contribution is 5.85. The van der Waals surface area contributed by atoms with Crippen LogP contribution in [0.25, 0.3) is 0 Å². The molecule has 150 valence electrons. The molecule has 1 amide bonds. The first-order valence-electron chi connectivity index (χ1n) is 10.0. The van der Waals surface area contributed by atoms with E-state index in [1.54, 1.807) is 7.11 Å². The number of hydrogen-bond acceptors (Lipinski definition) is 4. The number of carbonyl (C=O) groups excluding carboxylic acids is 1. The molecule has 27 heavy (non-hydrogen) atoms. The van der Waals surface area contributed by atoms with Gasteiger partial charge in [0.25, 0.3) is 0 Å². The third kappa shape index (κ3) is 4.52. The molecule has 1 aromatic rings. The second kappa shape index (κ2) is 8.70. The van der Waals surface area contributed by atoms with E-state index in [0.717, 1.165) is 62.3 Å². The van der Waals surface area contributed by atoms with Crippen molar-refractivity contribution in [3.63, 3.8) is 0 Å². The molecule has 1 heterocycles. The maximum Gasteiger partial charge on any atom is 0.223 e. The first-order chi connectivity index (χ1) is 12.7. The molecule has 1 spiro atoms. The normalized spacial score (nSPS) is 23.5. The van der Waals surface area contributed by atoms with Crippen molar-refractivity contribution in [1.29, 1.82) is 0 Å². The van der Waals surface area contributed by atoms with Gasteiger partial charge in [0, 0.05) is 24.1 Å². The Morgan fingerprint density at radius 1 is 1.26 bits per heavy atom. The van der Waals surface area contributed by atoms with Gasteiger partial charge in [0.2, 0.25) is 5.91 Å². The molecule has 1 saturated heterocycles. The maximum atomic E-state index is 12.6. The van der Waals surface area contributed by atoms with Gasteiger partial charge in [-0.3, -0.25) is 4.79 Å². The van der Waals surface area contributed by atoms with Crippen LogP contribution < -0.4 is 20.1 Å². The third-order valence-electron chi connectivity index (χ3n) is 6.43. The van der Waals surface area contributed by atoms with Crippen LogP contribution in [0.4, 0.5) is 0 Å². The van der Waals surface area contributed by atoms with Crippen molar-refractivity contribution in [1.82, 2.24) is 10.6 Å². The summed E-state index contributed by atoms with van der Waals surface area (Å²) in [4.78, 5) is 12.6. The fourth-order valence-electron chi connectivity index (χ4n) is 4.60. The number of hydrogen-bond donors (Lipinski definition) is 2. The molecule has 1 aliphatic heterocycles. The molecule has 3 aliphatic rings. The lowest BCUT2D eigenvalue weighted by molar-refractivity contribution is -0.123. The number of carbonyl (C=O) groups is 1. The van der Waals surface area contributed by atoms with Crippen molar-refractivity contribution in [3.05, 3.63) is 23.8 Å². The zero-order chi connectivity index (χ0) is 18.0. The van der Waals surface area contributed by atoms with Crippen LogP contribution in [0.1, 0.15) is 50.5 Å². The lowest BCUT2D eigenvalue weighted by Crippen LogP contribution is -2.33. The average Bonchev–Trinajstić information content (AvgIpc) is 3.11. The van der Waals surface area contributed by atoms with Gasteiger partial charge in [-0.15, -0.1) is 12.4 Å². The predicted molar refractivity (Wildman–Crippen MR) is 108 cm³/mol. The van der Waals surface area contributed by atoms with Crippen molar-refractivity contribution in [3.8, 4) is 11.5 Å². The zero-order valence-electron chi connectivity index (χ0n) is 16.1. The number of halogens is 1. The SMILES string of the molecule is COc1ccc(CNC(=O)C2CC23CCNCC3)c(OC2CCCC2)c1.Cl. The van der Waals surface area contributed by atoms with E-state index in [0.29, 0.717) is 6.54 Å². The van der Waals surface area contributed by atoms with Gasteiger partial charge >= 0.3 is 0 Å². The van der Waals surface area contributed by atoms with Crippen LogP contribution in [-0.2, 0) is 11.3 Å². The van der Waals surface area contributed by atoms with Gasteiger partial charge in [-0.25, -0.2) is 0 Å². The molecule has 1 unspecified atom stereocenters. The number of piperidine rings is 1. The molecule has 1 atom stereocenters. The summed E-state index contributed by atoms with van der Waals surface area (Å²) in [6.07, 6.45) is 8.29. The quantitative estimate of drug-likeness (QED) is 0.775. The Balaban J connectivity index is 0.00000210. The fourth-order valence-corrected chi connectivity index (χ4v) is 4.60. The Labute approximate surface area is 168 Å². The van der Waals surface area contributed by atoms with E-state index in [1.165, 1.54) is 12.8 Å². The third-order valence-corrected chi connectivity index (χ3v) is 6.43. The van der Waals surface area contributed by atoms with Gasteiger partial charge in [-0.05, 0) is 75.6 Å². The summed E-state index contributed by atoms with van der Waals surface area (Å²) in [7, 11) is 1.67. The topological polar surface area (TPSA) is 59.6 Å². The predicted octanol–water partition coefficient (Wildman–Crippen LogP) is 3.44. The lowest BCUT2D eigenvalue weighted by Gasteiger charge is -2.23. The Hall–Kier alpha value is -1.46. The molecule has 0 bridgehead atoms. The van der Waals surface area contributed by atoms with Gasteiger partial charge in [0.05, 0.1) is 13.2 Å². The highest BCUT2D eigenvalue weighted by atomic mass is 35.5. The van der Waals surface area contributed by atoms with E-state index in [9.17, 15) is 4.79 Å². The van der Waals surface area contributed by atoms with Crippen molar-refractivity contribution in [2.45, 2.75) is 57.6 Å². The molecule has 4 rings (SSSR count).